The maximum atomic E-state index is 10.6. The van der Waals surface area contributed by atoms with E-state index >= 15 is 0 Å². The first-order chi connectivity index (χ1) is 9.10. The Balaban J connectivity index is 2.18. The molecule has 0 fully saturated rings. The number of nitrogens with zero attached hydrogens (tertiary/aromatic N) is 2. The number of carboxylic acids is 1. The van der Waals surface area contributed by atoms with Crippen LogP contribution in [0.4, 0.5) is 0 Å². The van der Waals surface area contributed by atoms with Gasteiger partial charge in [0.1, 0.15) is 6.54 Å². The second kappa shape index (κ2) is 5.69. The molecule has 1 aromatic carbocycles. The maximum absolute atomic E-state index is 10.6. The van der Waals surface area contributed by atoms with Gasteiger partial charge in [-0.2, -0.15) is 0 Å². The van der Waals surface area contributed by atoms with Gasteiger partial charge >= 0.3 is 5.97 Å². The maximum Gasteiger partial charge on any atom is 0.323 e. The van der Waals surface area contributed by atoms with E-state index in [4.69, 9.17) is 5.11 Å². The van der Waals surface area contributed by atoms with Crippen LogP contribution >= 0.6 is 0 Å². The minimum atomic E-state index is -0.865. The molecule has 100 valence electrons. The lowest BCUT2D eigenvalue weighted by atomic mass is 9.97. The average molecular weight is 258 g/mol. The van der Waals surface area contributed by atoms with Gasteiger partial charge in [0.2, 0.25) is 0 Å². The second-order valence-corrected chi connectivity index (χ2v) is 4.76. The van der Waals surface area contributed by atoms with Gasteiger partial charge in [0.05, 0.1) is 12.0 Å². The predicted octanol–water partition coefficient (Wildman–Crippen LogP) is 3.15. The lowest BCUT2D eigenvalue weighted by molar-refractivity contribution is -0.137. The third kappa shape index (κ3) is 3.22. The molecule has 0 saturated carbocycles. The Labute approximate surface area is 112 Å². The highest BCUT2D eigenvalue weighted by Crippen LogP contribution is 2.23. The molecule has 1 unspecified atom stereocenters. The monoisotopic (exact) mass is 258 g/mol. The first-order valence-electron chi connectivity index (χ1n) is 6.44. The molecule has 4 nitrogen and oxygen atoms in total. The van der Waals surface area contributed by atoms with Gasteiger partial charge in [0, 0.05) is 11.8 Å². The van der Waals surface area contributed by atoms with Crippen molar-refractivity contribution >= 4 is 5.97 Å². The number of imidazole rings is 1. The van der Waals surface area contributed by atoms with E-state index in [1.807, 2.05) is 12.1 Å². The van der Waals surface area contributed by atoms with Crippen LogP contribution in [0.25, 0.3) is 11.3 Å². The van der Waals surface area contributed by atoms with E-state index in [9.17, 15) is 4.79 Å². The summed E-state index contributed by atoms with van der Waals surface area (Å²) in [5.74, 6) is -0.310. The summed E-state index contributed by atoms with van der Waals surface area (Å²) in [6.45, 7) is 4.32. The van der Waals surface area contributed by atoms with Crippen LogP contribution in [0.1, 0.15) is 31.7 Å². The topological polar surface area (TPSA) is 55.1 Å². The Morgan fingerprint density at radius 1 is 1.37 bits per heavy atom. The number of carboxylic acid groups (broad SMARTS) is 1. The van der Waals surface area contributed by atoms with Crippen molar-refractivity contribution in [3.05, 3.63) is 42.4 Å². The quantitative estimate of drug-likeness (QED) is 0.896. The Morgan fingerprint density at radius 3 is 2.63 bits per heavy atom. The van der Waals surface area contributed by atoms with Gasteiger partial charge in [-0.1, -0.05) is 38.1 Å². The Bertz CT molecular complexity index is 558. The van der Waals surface area contributed by atoms with Crippen molar-refractivity contribution in [2.24, 2.45) is 0 Å². The molecule has 0 aliphatic rings. The molecular weight excluding hydrogens is 240 g/mol. The zero-order chi connectivity index (χ0) is 13.8. The van der Waals surface area contributed by atoms with Crippen LogP contribution in [0.3, 0.4) is 0 Å². The summed E-state index contributed by atoms with van der Waals surface area (Å²) in [6, 6.07) is 8.29. The van der Waals surface area contributed by atoms with Gasteiger partial charge in [-0.05, 0) is 17.9 Å². The third-order valence-electron chi connectivity index (χ3n) is 3.34. The van der Waals surface area contributed by atoms with Gasteiger partial charge in [0.15, 0.2) is 0 Å². The molecule has 2 rings (SSSR count). The van der Waals surface area contributed by atoms with Crippen molar-refractivity contribution in [1.29, 1.82) is 0 Å². The number of benzene rings is 1. The molecule has 0 amide bonds. The first kappa shape index (κ1) is 13.3. The molecule has 0 saturated heterocycles. The van der Waals surface area contributed by atoms with Crippen LogP contribution in [0.15, 0.2) is 36.8 Å². The van der Waals surface area contributed by atoms with E-state index < -0.39 is 5.97 Å². The first-order valence-corrected chi connectivity index (χ1v) is 6.44. The number of aliphatic carboxylic acids is 1. The van der Waals surface area contributed by atoms with Crippen molar-refractivity contribution in [3.63, 3.8) is 0 Å². The van der Waals surface area contributed by atoms with Crippen LogP contribution < -0.4 is 0 Å². The Hall–Kier alpha value is -2.10. The number of rotatable bonds is 5. The molecule has 1 heterocycles. The second-order valence-electron chi connectivity index (χ2n) is 4.76. The SMILES string of the molecule is CCC(C)c1ccc(-c2cn(CC(=O)O)cn2)cc1. The fourth-order valence-electron chi connectivity index (χ4n) is 1.97. The van der Waals surface area contributed by atoms with Gasteiger partial charge in [-0.15, -0.1) is 0 Å². The van der Waals surface area contributed by atoms with Crippen LogP contribution in [0.5, 0.6) is 0 Å². The molecule has 1 aromatic heterocycles. The smallest absolute Gasteiger partial charge is 0.323 e. The highest BCUT2D eigenvalue weighted by atomic mass is 16.4. The van der Waals surface area contributed by atoms with Crippen molar-refractivity contribution in [3.8, 4) is 11.3 Å². The van der Waals surface area contributed by atoms with Crippen molar-refractivity contribution in [2.45, 2.75) is 32.7 Å². The van der Waals surface area contributed by atoms with E-state index in [-0.39, 0.29) is 6.54 Å². The highest BCUT2D eigenvalue weighted by molar-refractivity contribution is 5.67. The summed E-state index contributed by atoms with van der Waals surface area (Å²) in [5.41, 5.74) is 3.13. The lowest BCUT2D eigenvalue weighted by Crippen LogP contribution is -2.06. The van der Waals surface area contributed by atoms with Gasteiger partial charge < -0.3 is 9.67 Å². The van der Waals surface area contributed by atoms with Crippen molar-refractivity contribution < 1.29 is 9.90 Å². The van der Waals surface area contributed by atoms with Crippen molar-refractivity contribution in [1.82, 2.24) is 9.55 Å². The van der Waals surface area contributed by atoms with Gasteiger partial charge in [0.25, 0.3) is 0 Å². The largest absolute Gasteiger partial charge is 0.480 e. The summed E-state index contributed by atoms with van der Waals surface area (Å²) in [5, 5.41) is 8.72. The van der Waals surface area contributed by atoms with Crippen LogP contribution in [-0.4, -0.2) is 20.6 Å². The standard InChI is InChI=1S/C15H18N2O2/c1-3-11(2)12-4-6-13(7-5-12)14-8-17(10-16-14)9-15(18)19/h4-8,10-11H,3,9H2,1-2H3,(H,18,19). The summed E-state index contributed by atoms with van der Waals surface area (Å²) >= 11 is 0. The normalized spacial score (nSPS) is 12.3. The van der Waals surface area contributed by atoms with E-state index in [2.05, 4.69) is 31.0 Å². The average Bonchev–Trinajstić information content (AvgIpc) is 2.85. The van der Waals surface area contributed by atoms with Crippen molar-refractivity contribution in [2.75, 3.05) is 0 Å². The minimum Gasteiger partial charge on any atom is -0.480 e. The third-order valence-corrected chi connectivity index (χ3v) is 3.34. The molecule has 0 aliphatic carbocycles. The number of carbonyl (C=O) groups is 1. The van der Waals surface area contributed by atoms with Crippen LogP contribution in [0, 0.1) is 0 Å². The number of hydrogen-bond donors (Lipinski definition) is 1. The van der Waals surface area contributed by atoms with Crippen LogP contribution in [-0.2, 0) is 11.3 Å². The lowest BCUT2D eigenvalue weighted by Gasteiger charge is -2.08. The molecule has 1 N–H and O–H groups in total. The predicted molar refractivity (Wildman–Crippen MR) is 74.0 cm³/mol. The van der Waals surface area contributed by atoms with Gasteiger partial charge in [-0.3, -0.25) is 4.79 Å². The summed E-state index contributed by atoms with van der Waals surface area (Å²) < 4.78 is 1.57. The Morgan fingerprint density at radius 2 is 2.05 bits per heavy atom. The molecule has 0 bridgehead atoms. The summed E-state index contributed by atoms with van der Waals surface area (Å²) in [4.78, 5) is 14.9. The minimum absolute atomic E-state index is 0.0576. The fourth-order valence-corrected chi connectivity index (χ4v) is 1.97. The molecule has 0 radical (unpaired) electrons. The Kier molecular flexibility index (Phi) is 4.00. The molecule has 0 aliphatic heterocycles. The van der Waals surface area contributed by atoms with E-state index in [0.717, 1.165) is 17.7 Å². The molecule has 1 atom stereocenters. The van der Waals surface area contributed by atoms with Crippen LogP contribution in [0.2, 0.25) is 0 Å². The zero-order valence-corrected chi connectivity index (χ0v) is 11.2. The molecule has 4 heteroatoms. The molecule has 0 spiro atoms. The van der Waals surface area contributed by atoms with Gasteiger partial charge in [-0.25, -0.2) is 4.98 Å². The van der Waals surface area contributed by atoms with E-state index in [0.29, 0.717) is 5.92 Å². The summed E-state index contributed by atoms with van der Waals surface area (Å²) in [7, 11) is 0. The number of aromatic nitrogens is 2. The fraction of sp³-hybridized carbons (Fsp3) is 0.333. The summed E-state index contributed by atoms with van der Waals surface area (Å²) in [6.07, 6.45) is 4.42. The zero-order valence-electron chi connectivity index (χ0n) is 11.2. The molecule has 19 heavy (non-hydrogen) atoms. The number of hydrogen-bond acceptors (Lipinski definition) is 2. The highest BCUT2D eigenvalue weighted by Gasteiger charge is 2.06. The van der Waals surface area contributed by atoms with E-state index in [1.165, 1.54) is 5.56 Å². The molecular formula is C15H18N2O2. The molecule has 2 aromatic rings. The van der Waals surface area contributed by atoms with E-state index in [1.54, 1.807) is 17.1 Å².